The minimum atomic E-state index is -2.11. The van der Waals surface area contributed by atoms with Crippen molar-refractivity contribution in [1.82, 2.24) is 0 Å². The third-order valence-corrected chi connectivity index (χ3v) is 8.97. The highest BCUT2D eigenvalue weighted by Crippen LogP contribution is 2.58. The molecule has 0 saturated heterocycles. The molecule has 0 saturated carbocycles. The molecule has 0 aromatic carbocycles. The number of hydrogen-bond donors (Lipinski definition) is 1. The Labute approximate surface area is 101 Å². The number of thiol groups is 1. The molecule has 0 heterocycles. The molecule has 2 nitrogen and oxygen atoms in total. The van der Waals surface area contributed by atoms with Crippen LogP contribution in [-0.2, 0) is 20.9 Å². The van der Waals surface area contributed by atoms with Crippen LogP contribution in [0.1, 0.15) is 32.6 Å². The third-order valence-electron chi connectivity index (χ3n) is 2.04. The molecule has 0 aliphatic heterocycles. The summed E-state index contributed by atoms with van der Waals surface area (Å²) < 4.78 is 10.6. The van der Waals surface area contributed by atoms with Gasteiger partial charge in [-0.05, 0) is 18.2 Å². The van der Waals surface area contributed by atoms with Crippen molar-refractivity contribution in [2.45, 2.75) is 37.6 Å². The first-order chi connectivity index (χ1) is 6.64. The molecule has 0 aromatic heterocycles. The molecule has 0 aromatic rings. The highest BCUT2D eigenvalue weighted by molar-refractivity contribution is 8.70. The van der Waals surface area contributed by atoms with Crippen LogP contribution < -0.4 is 0 Å². The Kier molecular flexibility index (Phi) is 9.19. The predicted octanol–water partition coefficient (Wildman–Crippen LogP) is 4.07. The van der Waals surface area contributed by atoms with E-state index in [0.29, 0.717) is 0 Å². The Morgan fingerprint density at radius 2 is 1.93 bits per heavy atom. The van der Waals surface area contributed by atoms with E-state index in [1.54, 1.807) is 14.2 Å². The summed E-state index contributed by atoms with van der Waals surface area (Å²) in [7, 11) is 4.72. The van der Waals surface area contributed by atoms with Gasteiger partial charge in [0.2, 0.25) is 6.49 Å². The maximum Gasteiger partial charge on any atom is 0.202 e. The van der Waals surface area contributed by atoms with Crippen molar-refractivity contribution in [2.75, 3.05) is 14.2 Å². The van der Waals surface area contributed by atoms with Crippen molar-refractivity contribution in [1.29, 1.82) is 0 Å². The molecular weight excluding hydrogens is 255 g/mol. The molecule has 0 spiro atoms. The van der Waals surface area contributed by atoms with Gasteiger partial charge >= 0.3 is 0 Å². The van der Waals surface area contributed by atoms with Gasteiger partial charge < -0.3 is 9.05 Å². The van der Waals surface area contributed by atoms with E-state index in [4.69, 9.17) is 20.9 Å². The van der Waals surface area contributed by atoms with Crippen LogP contribution in [-0.4, -0.2) is 19.2 Å². The summed E-state index contributed by atoms with van der Waals surface area (Å²) in [4.78, 5) is 0.211. The average Bonchev–Trinajstić information content (AvgIpc) is 2.23. The fourth-order valence-electron chi connectivity index (χ4n) is 1.15. The van der Waals surface area contributed by atoms with E-state index >= 15 is 0 Å². The second-order valence-electron chi connectivity index (χ2n) is 2.96. The lowest BCUT2D eigenvalue weighted by atomic mass is 10.2. The van der Waals surface area contributed by atoms with Crippen molar-refractivity contribution in [2.24, 2.45) is 0 Å². The van der Waals surface area contributed by atoms with Gasteiger partial charge in [0.15, 0.2) is 0 Å². The lowest BCUT2D eigenvalue weighted by molar-refractivity contribution is 0.333. The summed E-state index contributed by atoms with van der Waals surface area (Å²) in [5.41, 5.74) is 0. The largest absolute Gasteiger partial charge is 0.332 e. The molecule has 0 N–H and O–H groups in total. The summed E-state index contributed by atoms with van der Waals surface area (Å²) in [6, 6.07) is 0. The Hall–Kier alpha value is 1.27. The van der Waals surface area contributed by atoms with Crippen LogP contribution in [0.25, 0.3) is 0 Å². The van der Waals surface area contributed by atoms with Crippen molar-refractivity contribution >= 4 is 40.8 Å². The Morgan fingerprint density at radius 1 is 1.36 bits per heavy atom. The van der Waals surface area contributed by atoms with E-state index in [-0.39, 0.29) is 4.99 Å². The minimum absolute atomic E-state index is 0.211. The predicted molar refractivity (Wildman–Crippen MR) is 72.8 cm³/mol. The van der Waals surface area contributed by atoms with Crippen molar-refractivity contribution < 1.29 is 9.05 Å². The van der Waals surface area contributed by atoms with E-state index in [9.17, 15) is 0 Å². The van der Waals surface area contributed by atoms with Crippen LogP contribution in [0.4, 0.5) is 0 Å². The normalized spacial score (nSPS) is 14.3. The molecule has 0 aliphatic rings. The fourth-order valence-corrected chi connectivity index (χ4v) is 6.23. The standard InChI is InChI=1S/C8H19O2PS3/c1-4-5-6-7-8(14-13)11(12,9-2)10-3/h8,13H,4-7H2,1-3H3. The molecular formula is C8H19O2PS3. The summed E-state index contributed by atoms with van der Waals surface area (Å²) in [6.45, 7) is 0.0745. The molecule has 0 amide bonds. The summed E-state index contributed by atoms with van der Waals surface area (Å²) in [5.74, 6) is 0. The van der Waals surface area contributed by atoms with E-state index in [2.05, 4.69) is 18.6 Å². The van der Waals surface area contributed by atoms with Gasteiger partial charge in [-0.1, -0.05) is 37.0 Å². The number of hydrogen-bond acceptors (Lipinski definition) is 5. The first-order valence-corrected chi connectivity index (χ1v) is 9.30. The summed E-state index contributed by atoms with van der Waals surface area (Å²) in [6.07, 6.45) is 4.64. The molecule has 0 aliphatic carbocycles. The third kappa shape index (κ3) is 4.86. The van der Waals surface area contributed by atoms with Gasteiger partial charge in [0, 0.05) is 14.2 Å². The Bertz CT molecular complexity index is 181. The van der Waals surface area contributed by atoms with Gasteiger partial charge in [0.05, 0.1) is 4.99 Å². The minimum Gasteiger partial charge on any atom is -0.332 e. The van der Waals surface area contributed by atoms with Crippen LogP contribution in [0.2, 0.25) is 0 Å². The second kappa shape index (κ2) is 8.43. The first-order valence-electron chi connectivity index (χ1n) is 4.66. The monoisotopic (exact) mass is 274 g/mol. The first kappa shape index (κ1) is 15.3. The summed E-state index contributed by atoms with van der Waals surface area (Å²) >= 11 is 9.61. The molecule has 14 heavy (non-hydrogen) atoms. The Balaban J connectivity index is 4.16. The van der Waals surface area contributed by atoms with Gasteiger partial charge in [-0.15, -0.1) is 11.7 Å². The van der Waals surface area contributed by atoms with E-state index in [0.717, 1.165) is 6.42 Å². The zero-order valence-electron chi connectivity index (χ0n) is 8.93. The van der Waals surface area contributed by atoms with Crippen molar-refractivity contribution in [3.63, 3.8) is 0 Å². The summed E-state index contributed by atoms with van der Waals surface area (Å²) in [5, 5.41) is 0. The van der Waals surface area contributed by atoms with Crippen LogP contribution in [0.5, 0.6) is 0 Å². The number of unbranched alkanes of at least 4 members (excludes halogenated alkanes) is 2. The van der Waals surface area contributed by atoms with E-state index in [1.807, 2.05) is 0 Å². The van der Waals surface area contributed by atoms with Gasteiger partial charge in [0.1, 0.15) is 0 Å². The molecule has 0 rings (SSSR count). The molecule has 1 atom stereocenters. The zero-order chi connectivity index (χ0) is 11.0. The van der Waals surface area contributed by atoms with Gasteiger partial charge in [-0.2, -0.15) is 0 Å². The maximum atomic E-state index is 5.37. The molecule has 0 fully saturated rings. The van der Waals surface area contributed by atoms with Crippen molar-refractivity contribution in [3.8, 4) is 0 Å². The topological polar surface area (TPSA) is 18.5 Å². The van der Waals surface area contributed by atoms with Gasteiger partial charge in [-0.25, -0.2) is 0 Å². The SMILES string of the molecule is CCCCCC(SS)P(=S)(OC)OC. The highest BCUT2D eigenvalue weighted by atomic mass is 33.1. The van der Waals surface area contributed by atoms with Gasteiger partial charge in [0.25, 0.3) is 0 Å². The smallest absolute Gasteiger partial charge is 0.202 e. The molecule has 6 heteroatoms. The van der Waals surface area contributed by atoms with Crippen LogP contribution in [0.15, 0.2) is 0 Å². The Morgan fingerprint density at radius 3 is 2.29 bits per heavy atom. The number of rotatable bonds is 8. The van der Waals surface area contributed by atoms with Crippen LogP contribution in [0, 0.1) is 0 Å². The van der Waals surface area contributed by atoms with Crippen molar-refractivity contribution in [3.05, 3.63) is 0 Å². The highest BCUT2D eigenvalue weighted by Gasteiger charge is 2.28. The van der Waals surface area contributed by atoms with Gasteiger partial charge in [-0.3, -0.25) is 0 Å². The van der Waals surface area contributed by atoms with Crippen LogP contribution >= 0.6 is 28.9 Å². The van der Waals surface area contributed by atoms with E-state index < -0.39 is 6.49 Å². The van der Waals surface area contributed by atoms with Crippen LogP contribution in [0.3, 0.4) is 0 Å². The maximum absolute atomic E-state index is 5.37. The molecule has 0 bridgehead atoms. The molecule has 0 radical (unpaired) electrons. The second-order valence-corrected chi connectivity index (χ2v) is 8.68. The van der Waals surface area contributed by atoms with E-state index in [1.165, 1.54) is 30.1 Å². The zero-order valence-corrected chi connectivity index (χ0v) is 12.4. The average molecular weight is 274 g/mol. The molecule has 1 unspecified atom stereocenters. The fraction of sp³-hybridized carbons (Fsp3) is 1.00. The quantitative estimate of drug-likeness (QED) is 0.311. The molecule has 86 valence electrons. The lowest BCUT2D eigenvalue weighted by Crippen LogP contribution is -2.05. The lowest BCUT2D eigenvalue weighted by Gasteiger charge is -2.25.